The molecule has 0 unspecified atom stereocenters. The van der Waals surface area contributed by atoms with Crippen LogP contribution in [0.1, 0.15) is 11.1 Å². The van der Waals surface area contributed by atoms with E-state index in [0.29, 0.717) is 15.6 Å². The highest BCUT2D eigenvalue weighted by molar-refractivity contribution is 6.39. The molecular weight excluding hydrogens is 311 g/mol. The van der Waals surface area contributed by atoms with Crippen LogP contribution >= 0.6 is 23.2 Å². The number of ether oxygens (including phenoxy) is 1. The fourth-order valence-corrected chi connectivity index (χ4v) is 2.57. The number of methoxy groups -OCH3 is 1. The van der Waals surface area contributed by atoms with E-state index in [1.54, 1.807) is 18.2 Å². The van der Waals surface area contributed by atoms with Gasteiger partial charge in [-0.15, -0.1) is 0 Å². The average Bonchev–Trinajstić information content (AvgIpc) is 2.46. The highest BCUT2D eigenvalue weighted by Gasteiger charge is 2.26. The van der Waals surface area contributed by atoms with E-state index in [0.717, 1.165) is 0 Å². The Hall–Kier alpha value is -2.47. The van der Waals surface area contributed by atoms with Gasteiger partial charge in [0, 0.05) is 21.2 Å². The predicted octanol–water partition coefficient (Wildman–Crippen LogP) is 2.81. The van der Waals surface area contributed by atoms with Crippen LogP contribution in [0.25, 0.3) is 11.1 Å². The van der Waals surface area contributed by atoms with Crippen molar-refractivity contribution in [2.24, 2.45) is 0 Å². The number of nitrogen functional groups attached to an aromatic ring is 1. The number of hydrogen-bond donors (Lipinski definition) is 1. The van der Waals surface area contributed by atoms with Crippen LogP contribution in [0, 0.1) is 22.7 Å². The van der Waals surface area contributed by atoms with Crippen LogP contribution in [-0.4, -0.2) is 7.11 Å². The molecule has 0 aliphatic heterocycles. The monoisotopic (exact) mass is 319 g/mol. The molecule has 0 radical (unpaired) electrons. The minimum atomic E-state index is 0.0688. The lowest BCUT2D eigenvalue weighted by molar-refractivity contribution is -0.376. The molecule has 0 aliphatic rings. The van der Waals surface area contributed by atoms with Gasteiger partial charge in [-0.1, -0.05) is 29.3 Å². The number of aromatic amines is 1. The molecule has 0 amide bonds. The smallest absolute Gasteiger partial charge is 0.300 e. The number of pyridine rings is 1. The first-order chi connectivity index (χ1) is 10.0. The maximum absolute atomic E-state index is 9.40. The van der Waals surface area contributed by atoms with Gasteiger partial charge in [-0.25, -0.2) is 4.98 Å². The highest BCUT2D eigenvalue weighted by atomic mass is 35.5. The number of benzene rings is 1. The molecule has 5 nitrogen and oxygen atoms in total. The zero-order chi connectivity index (χ0) is 15.6. The van der Waals surface area contributed by atoms with Crippen molar-refractivity contribution in [1.82, 2.24) is 0 Å². The van der Waals surface area contributed by atoms with E-state index >= 15 is 0 Å². The number of nitriles is 2. The second-order valence-corrected chi connectivity index (χ2v) is 4.83. The van der Waals surface area contributed by atoms with Crippen molar-refractivity contribution in [2.75, 3.05) is 12.8 Å². The summed E-state index contributed by atoms with van der Waals surface area (Å²) in [5.41, 5.74) is 6.63. The molecule has 21 heavy (non-hydrogen) atoms. The van der Waals surface area contributed by atoms with E-state index in [-0.39, 0.29) is 28.4 Å². The summed E-state index contributed by atoms with van der Waals surface area (Å²) in [5.74, 6) is 0.208. The highest BCUT2D eigenvalue weighted by Crippen LogP contribution is 2.40. The van der Waals surface area contributed by atoms with Gasteiger partial charge in [0.2, 0.25) is 0 Å². The van der Waals surface area contributed by atoms with Crippen LogP contribution in [0.2, 0.25) is 10.0 Å². The fourth-order valence-electron chi connectivity index (χ4n) is 1.98. The minimum absolute atomic E-state index is 0.0688. The molecule has 0 saturated carbocycles. The number of H-pyrrole nitrogens is 1. The number of hydrogen-bond acceptors (Lipinski definition) is 4. The van der Waals surface area contributed by atoms with Crippen LogP contribution in [-0.2, 0) is 0 Å². The molecule has 0 atom stereocenters. The Morgan fingerprint density at radius 3 is 2.14 bits per heavy atom. The van der Waals surface area contributed by atoms with Crippen molar-refractivity contribution in [1.29, 1.82) is 10.5 Å². The summed E-state index contributed by atoms with van der Waals surface area (Å²) in [6.45, 7) is 0. The maximum atomic E-state index is 9.40. The summed E-state index contributed by atoms with van der Waals surface area (Å²) in [5, 5.41) is 19.4. The molecule has 0 saturated heterocycles. The summed E-state index contributed by atoms with van der Waals surface area (Å²) in [6, 6.07) is 8.85. The Labute approximate surface area is 131 Å². The first-order valence-electron chi connectivity index (χ1n) is 5.72. The molecule has 2 aromatic rings. The normalized spacial score (nSPS) is 9.76. The summed E-state index contributed by atoms with van der Waals surface area (Å²) in [6.07, 6.45) is 0. The minimum Gasteiger partial charge on any atom is -0.465 e. The van der Waals surface area contributed by atoms with E-state index in [2.05, 4.69) is 4.98 Å². The number of nitrogens with one attached hydrogen (secondary N) is 1. The number of halogens is 2. The van der Waals surface area contributed by atoms with Crippen molar-refractivity contribution in [2.45, 2.75) is 0 Å². The van der Waals surface area contributed by atoms with Gasteiger partial charge in [-0.05, 0) is 12.1 Å². The number of anilines is 1. The molecule has 1 heterocycles. The van der Waals surface area contributed by atoms with Gasteiger partial charge < -0.3 is 4.74 Å². The third-order valence-electron chi connectivity index (χ3n) is 2.89. The number of aromatic nitrogens is 1. The lowest BCUT2D eigenvalue weighted by Gasteiger charge is -2.12. The largest absolute Gasteiger partial charge is 0.465 e. The zero-order valence-corrected chi connectivity index (χ0v) is 12.4. The second-order valence-electron chi connectivity index (χ2n) is 4.02. The molecule has 1 aromatic carbocycles. The van der Waals surface area contributed by atoms with Gasteiger partial charge in [-0.2, -0.15) is 10.5 Å². The van der Waals surface area contributed by atoms with Gasteiger partial charge in [0.25, 0.3) is 5.82 Å². The van der Waals surface area contributed by atoms with Crippen LogP contribution in [0.5, 0.6) is 5.88 Å². The summed E-state index contributed by atoms with van der Waals surface area (Å²) in [4.78, 5) is 2.67. The fraction of sp³-hybridized carbons (Fsp3) is 0.0714. The lowest BCUT2D eigenvalue weighted by Crippen LogP contribution is -2.18. The van der Waals surface area contributed by atoms with Crippen LogP contribution < -0.4 is 15.5 Å². The molecule has 7 heteroatoms. The first kappa shape index (κ1) is 14.9. The van der Waals surface area contributed by atoms with Crippen molar-refractivity contribution in [3.8, 4) is 29.1 Å². The quantitative estimate of drug-likeness (QED) is 0.920. The van der Waals surface area contributed by atoms with Gasteiger partial charge in [0.1, 0.15) is 17.7 Å². The Morgan fingerprint density at radius 1 is 1.10 bits per heavy atom. The van der Waals surface area contributed by atoms with Gasteiger partial charge in [0.15, 0.2) is 5.56 Å². The Bertz CT molecular complexity index is 786. The van der Waals surface area contributed by atoms with Crippen LogP contribution in [0.3, 0.4) is 0 Å². The average molecular weight is 320 g/mol. The van der Waals surface area contributed by atoms with E-state index in [1.807, 2.05) is 12.1 Å². The van der Waals surface area contributed by atoms with E-state index < -0.39 is 0 Å². The SMILES string of the molecule is COc1[nH+]c(N)c(C#N)c(-c2c(Cl)cccc2Cl)c1C#N. The molecule has 1 aromatic heterocycles. The predicted molar refractivity (Wildman–Crippen MR) is 78.8 cm³/mol. The summed E-state index contributed by atoms with van der Waals surface area (Å²) < 4.78 is 5.10. The Morgan fingerprint density at radius 2 is 1.67 bits per heavy atom. The molecule has 0 aliphatic carbocycles. The van der Waals surface area contributed by atoms with Gasteiger partial charge in [-0.3, -0.25) is 5.73 Å². The third-order valence-corrected chi connectivity index (χ3v) is 3.52. The molecule has 104 valence electrons. The van der Waals surface area contributed by atoms with Gasteiger partial charge >= 0.3 is 5.88 Å². The van der Waals surface area contributed by atoms with E-state index in [1.165, 1.54) is 7.11 Å². The standard InChI is InChI=1S/C14H8Cl2N4O/c1-21-14-8(6-18)11(7(5-17)13(19)20-14)12-9(15)3-2-4-10(12)16/h2-4H,1H3,(H2,19,20)/p+1. The van der Waals surface area contributed by atoms with Crippen molar-refractivity contribution < 1.29 is 9.72 Å². The molecule has 0 fully saturated rings. The maximum Gasteiger partial charge on any atom is 0.300 e. The van der Waals surface area contributed by atoms with Crippen LogP contribution in [0.15, 0.2) is 18.2 Å². The summed E-state index contributed by atoms with van der Waals surface area (Å²) >= 11 is 12.3. The molecule has 0 spiro atoms. The van der Waals surface area contributed by atoms with E-state index in [9.17, 15) is 10.5 Å². The number of nitrogens with two attached hydrogens (primary N) is 1. The first-order valence-corrected chi connectivity index (χ1v) is 6.48. The zero-order valence-electron chi connectivity index (χ0n) is 10.9. The van der Waals surface area contributed by atoms with Gasteiger partial charge in [0.05, 0.1) is 7.11 Å². The topological polar surface area (TPSA) is 97.0 Å². The second kappa shape index (κ2) is 5.88. The summed E-state index contributed by atoms with van der Waals surface area (Å²) in [7, 11) is 1.39. The lowest BCUT2D eigenvalue weighted by atomic mass is 9.96. The van der Waals surface area contributed by atoms with Crippen molar-refractivity contribution >= 4 is 29.0 Å². The molecule has 0 bridgehead atoms. The van der Waals surface area contributed by atoms with E-state index in [4.69, 9.17) is 33.7 Å². The van der Waals surface area contributed by atoms with Crippen molar-refractivity contribution in [3.05, 3.63) is 39.4 Å². The Kier molecular flexibility index (Phi) is 4.18. The van der Waals surface area contributed by atoms with Crippen LogP contribution in [0.4, 0.5) is 5.82 Å². The number of nitrogens with zero attached hydrogens (tertiary/aromatic N) is 2. The third kappa shape index (κ3) is 2.45. The molecule has 3 N–H and O–H groups in total. The Balaban J connectivity index is 3.01. The molecular formula is C14H9Cl2N4O+. The molecule has 2 rings (SSSR count). The van der Waals surface area contributed by atoms with Crippen molar-refractivity contribution in [3.63, 3.8) is 0 Å². The number of rotatable bonds is 2.